The van der Waals surface area contributed by atoms with Gasteiger partial charge in [0, 0.05) is 31.9 Å². The van der Waals surface area contributed by atoms with Crippen LogP contribution in [0.25, 0.3) is 0 Å². The summed E-state index contributed by atoms with van der Waals surface area (Å²) in [6, 6.07) is 5.90. The third-order valence-corrected chi connectivity index (χ3v) is 4.05. The van der Waals surface area contributed by atoms with Crippen LogP contribution in [-0.2, 0) is 11.3 Å². The Morgan fingerprint density at radius 3 is 2.60 bits per heavy atom. The van der Waals surface area contributed by atoms with Gasteiger partial charge in [-0.3, -0.25) is 0 Å². The van der Waals surface area contributed by atoms with Crippen LogP contribution in [0.5, 0.6) is 11.5 Å². The smallest absolute Gasteiger partial charge is 0.123 e. The zero-order valence-electron chi connectivity index (χ0n) is 12.7. The molecule has 0 amide bonds. The molecular formula is C16H25NO3. The van der Waals surface area contributed by atoms with Crippen LogP contribution in [0.3, 0.4) is 0 Å². The van der Waals surface area contributed by atoms with Crippen molar-refractivity contribution in [3.63, 3.8) is 0 Å². The van der Waals surface area contributed by atoms with Crippen LogP contribution >= 0.6 is 0 Å². The van der Waals surface area contributed by atoms with Gasteiger partial charge in [-0.2, -0.15) is 0 Å². The second-order valence-electron chi connectivity index (χ2n) is 5.70. The Bertz CT molecular complexity index is 428. The molecular weight excluding hydrogens is 254 g/mol. The largest absolute Gasteiger partial charge is 0.497 e. The average molecular weight is 279 g/mol. The van der Waals surface area contributed by atoms with E-state index in [1.807, 2.05) is 18.2 Å². The van der Waals surface area contributed by atoms with Crippen molar-refractivity contribution >= 4 is 0 Å². The number of ether oxygens (including phenoxy) is 3. The van der Waals surface area contributed by atoms with Gasteiger partial charge in [0.25, 0.3) is 0 Å². The predicted octanol–water partition coefficient (Wildman–Crippen LogP) is 2.61. The van der Waals surface area contributed by atoms with E-state index in [1.54, 1.807) is 14.2 Å². The van der Waals surface area contributed by atoms with E-state index >= 15 is 0 Å². The number of methoxy groups -OCH3 is 2. The van der Waals surface area contributed by atoms with E-state index in [2.05, 4.69) is 12.2 Å². The SMILES string of the molecule is COc1ccc(OC)c(CNCC2(C)CCOCC2)c1. The Balaban J connectivity index is 1.92. The lowest BCUT2D eigenvalue weighted by atomic mass is 9.82. The topological polar surface area (TPSA) is 39.7 Å². The minimum Gasteiger partial charge on any atom is -0.497 e. The molecule has 1 aliphatic heterocycles. The molecule has 1 saturated heterocycles. The highest BCUT2D eigenvalue weighted by atomic mass is 16.5. The predicted molar refractivity (Wildman–Crippen MR) is 79.4 cm³/mol. The normalized spacial score (nSPS) is 17.8. The Kier molecular flexibility index (Phi) is 5.26. The monoisotopic (exact) mass is 279 g/mol. The molecule has 0 bridgehead atoms. The van der Waals surface area contributed by atoms with Crippen LogP contribution < -0.4 is 14.8 Å². The first-order chi connectivity index (χ1) is 9.67. The zero-order chi connectivity index (χ0) is 14.4. The van der Waals surface area contributed by atoms with Crippen LogP contribution in [0.15, 0.2) is 18.2 Å². The summed E-state index contributed by atoms with van der Waals surface area (Å²) in [5, 5.41) is 3.55. The summed E-state index contributed by atoms with van der Waals surface area (Å²) in [4.78, 5) is 0. The fourth-order valence-corrected chi connectivity index (χ4v) is 2.56. The van der Waals surface area contributed by atoms with Crippen LogP contribution in [0.2, 0.25) is 0 Å². The van der Waals surface area contributed by atoms with Crippen LogP contribution in [0.4, 0.5) is 0 Å². The van der Waals surface area contributed by atoms with Gasteiger partial charge in [-0.25, -0.2) is 0 Å². The average Bonchev–Trinajstić information content (AvgIpc) is 2.47. The molecule has 0 aliphatic carbocycles. The molecule has 2 rings (SSSR count). The lowest BCUT2D eigenvalue weighted by Crippen LogP contribution is -2.36. The van der Waals surface area contributed by atoms with Gasteiger partial charge in [0.05, 0.1) is 14.2 Å². The first-order valence-corrected chi connectivity index (χ1v) is 7.16. The Morgan fingerprint density at radius 2 is 1.95 bits per heavy atom. The molecule has 1 aromatic rings. The molecule has 0 radical (unpaired) electrons. The molecule has 4 heteroatoms. The number of benzene rings is 1. The zero-order valence-corrected chi connectivity index (χ0v) is 12.7. The molecule has 0 atom stereocenters. The van der Waals surface area contributed by atoms with Crippen molar-refractivity contribution in [3.05, 3.63) is 23.8 Å². The van der Waals surface area contributed by atoms with E-state index in [4.69, 9.17) is 14.2 Å². The summed E-state index contributed by atoms with van der Waals surface area (Å²) in [7, 11) is 3.38. The third kappa shape index (κ3) is 3.87. The summed E-state index contributed by atoms with van der Waals surface area (Å²) in [5.41, 5.74) is 1.46. The van der Waals surface area contributed by atoms with Gasteiger partial charge >= 0.3 is 0 Å². The van der Waals surface area contributed by atoms with E-state index in [1.165, 1.54) is 0 Å². The van der Waals surface area contributed by atoms with Crippen molar-refractivity contribution in [3.8, 4) is 11.5 Å². The lowest BCUT2D eigenvalue weighted by molar-refractivity contribution is 0.0240. The van der Waals surface area contributed by atoms with Crippen LogP contribution in [-0.4, -0.2) is 34.0 Å². The number of nitrogens with one attached hydrogen (secondary N) is 1. The van der Waals surface area contributed by atoms with Crippen LogP contribution in [0, 0.1) is 5.41 Å². The first-order valence-electron chi connectivity index (χ1n) is 7.16. The standard InChI is InChI=1S/C16H25NO3/c1-16(6-8-20-9-7-16)12-17-11-13-10-14(18-2)4-5-15(13)19-3/h4-5,10,17H,6-9,11-12H2,1-3H3. The summed E-state index contributed by atoms with van der Waals surface area (Å²) in [6.45, 7) is 5.86. The first kappa shape index (κ1) is 15.1. The van der Waals surface area contributed by atoms with Crippen molar-refractivity contribution < 1.29 is 14.2 Å². The molecule has 1 aromatic carbocycles. The molecule has 20 heavy (non-hydrogen) atoms. The fraction of sp³-hybridized carbons (Fsp3) is 0.625. The molecule has 4 nitrogen and oxygen atoms in total. The van der Waals surface area contributed by atoms with E-state index in [0.717, 1.165) is 56.2 Å². The number of hydrogen-bond donors (Lipinski definition) is 1. The molecule has 0 saturated carbocycles. The van der Waals surface area contributed by atoms with E-state index in [-0.39, 0.29) is 0 Å². The van der Waals surface area contributed by atoms with Gasteiger partial charge in [-0.1, -0.05) is 6.92 Å². The minimum absolute atomic E-state index is 0.338. The highest BCUT2D eigenvalue weighted by molar-refractivity contribution is 5.40. The summed E-state index contributed by atoms with van der Waals surface area (Å²) in [6.07, 6.45) is 2.24. The quantitative estimate of drug-likeness (QED) is 0.869. The maximum atomic E-state index is 5.43. The van der Waals surface area contributed by atoms with Crippen molar-refractivity contribution in [2.24, 2.45) is 5.41 Å². The van der Waals surface area contributed by atoms with Gasteiger partial charge in [0.2, 0.25) is 0 Å². The van der Waals surface area contributed by atoms with Crippen molar-refractivity contribution in [2.75, 3.05) is 34.0 Å². The Labute approximate surface area is 121 Å². The molecule has 0 aromatic heterocycles. The van der Waals surface area contributed by atoms with Crippen molar-refractivity contribution in [1.82, 2.24) is 5.32 Å². The Morgan fingerprint density at radius 1 is 1.20 bits per heavy atom. The lowest BCUT2D eigenvalue weighted by Gasteiger charge is -2.33. The van der Waals surface area contributed by atoms with Gasteiger partial charge < -0.3 is 19.5 Å². The van der Waals surface area contributed by atoms with E-state index < -0.39 is 0 Å². The molecule has 1 fully saturated rings. The molecule has 1 heterocycles. The van der Waals surface area contributed by atoms with Crippen molar-refractivity contribution in [2.45, 2.75) is 26.3 Å². The van der Waals surface area contributed by atoms with Gasteiger partial charge in [-0.15, -0.1) is 0 Å². The second-order valence-corrected chi connectivity index (χ2v) is 5.70. The summed E-state index contributed by atoms with van der Waals surface area (Å²) >= 11 is 0. The summed E-state index contributed by atoms with van der Waals surface area (Å²) in [5.74, 6) is 1.76. The maximum absolute atomic E-state index is 5.43. The molecule has 1 N–H and O–H groups in total. The maximum Gasteiger partial charge on any atom is 0.123 e. The van der Waals surface area contributed by atoms with Gasteiger partial charge in [0.15, 0.2) is 0 Å². The summed E-state index contributed by atoms with van der Waals surface area (Å²) < 4.78 is 16.1. The Hall–Kier alpha value is -1.26. The fourth-order valence-electron chi connectivity index (χ4n) is 2.56. The van der Waals surface area contributed by atoms with Gasteiger partial charge in [0.1, 0.15) is 11.5 Å². The van der Waals surface area contributed by atoms with Crippen molar-refractivity contribution in [1.29, 1.82) is 0 Å². The van der Waals surface area contributed by atoms with E-state index in [0.29, 0.717) is 5.41 Å². The third-order valence-electron chi connectivity index (χ3n) is 4.05. The second kappa shape index (κ2) is 6.95. The minimum atomic E-state index is 0.338. The molecule has 112 valence electrons. The molecule has 0 unspecified atom stereocenters. The highest BCUT2D eigenvalue weighted by Crippen LogP contribution is 2.29. The molecule has 1 aliphatic rings. The highest BCUT2D eigenvalue weighted by Gasteiger charge is 2.26. The van der Waals surface area contributed by atoms with Gasteiger partial charge in [-0.05, 0) is 36.5 Å². The van der Waals surface area contributed by atoms with E-state index in [9.17, 15) is 0 Å². The number of hydrogen-bond acceptors (Lipinski definition) is 4. The number of rotatable bonds is 6. The molecule has 0 spiro atoms. The van der Waals surface area contributed by atoms with Crippen LogP contribution in [0.1, 0.15) is 25.3 Å².